The third-order valence-corrected chi connectivity index (χ3v) is 3.00. The van der Waals surface area contributed by atoms with Crippen LogP contribution in [0, 0.1) is 0 Å². The second-order valence-electron chi connectivity index (χ2n) is 1.63. The zero-order chi connectivity index (χ0) is 13.7. The fourth-order valence-electron chi connectivity index (χ4n) is 0. The van der Waals surface area contributed by atoms with Gasteiger partial charge in [-0.2, -0.15) is 46.0 Å². The Hall–Kier alpha value is 3.84. The van der Waals surface area contributed by atoms with Crippen molar-refractivity contribution in [3.05, 3.63) is 0 Å². The Balaban J connectivity index is -0.0000000257. The largest absolute Gasteiger partial charge is 2.00 e. The summed E-state index contributed by atoms with van der Waals surface area (Å²) in [6, 6.07) is 0. The molecule has 0 aromatic heterocycles. The minimum atomic E-state index is 0. The summed E-state index contributed by atoms with van der Waals surface area (Å²) in [5.41, 5.74) is 0. The van der Waals surface area contributed by atoms with E-state index in [1.165, 1.54) is 0 Å². The van der Waals surface area contributed by atoms with Crippen LogP contribution in [0.15, 0.2) is 0 Å². The molecule has 0 amide bonds. The zero-order valence-corrected chi connectivity index (χ0v) is 18.4. The Kier molecular flexibility index (Phi) is 123. The predicted octanol–water partition coefficient (Wildman–Crippen LogP) is 0.316. The predicted molar refractivity (Wildman–Crippen MR) is 97.9 cm³/mol. The molecule has 116 valence electrons. The molecule has 0 bridgehead atoms. The fourth-order valence-corrected chi connectivity index (χ4v) is 0. The van der Waals surface area contributed by atoms with Crippen LogP contribution in [0.25, 0.3) is 0 Å². The van der Waals surface area contributed by atoms with Crippen LogP contribution in [-0.4, -0.2) is 46.0 Å². The molecule has 0 fully saturated rings. The first-order chi connectivity index (χ1) is 7.66. The van der Waals surface area contributed by atoms with Crippen molar-refractivity contribution < 1.29 is 34.1 Å². The summed E-state index contributed by atoms with van der Waals surface area (Å²) in [7, 11) is 0. The van der Waals surface area contributed by atoms with E-state index in [0.29, 0.717) is 0 Å². The van der Waals surface area contributed by atoms with Gasteiger partial charge in [0.1, 0.15) is 0 Å². The van der Waals surface area contributed by atoms with Crippen LogP contribution in [0.1, 0.15) is 0 Å². The van der Waals surface area contributed by atoms with E-state index in [1.54, 1.807) is 0 Å². The second kappa shape index (κ2) is 58.5. The van der Waals surface area contributed by atoms with E-state index in [1.807, 2.05) is 0 Å². The summed E-state index contributed by atoms with van der Waals surface area (Å²) in [6.45, 7) is 0. The van der Waals surface area contributed by atoms with Gasteiger partial charge in [-0.1, -0.05) is 0 Å². The summed E-state index contributed by atoms with van der Waals surface area (Å²) in [5.74, 6) is 5.74. The van der Waals surface area contributed by atoms with Gasteiger partial charge in [0.05, 0.1) is 0 Å². The van der Waals surface area contributed by atoms with Crippen LogP contribution in [0.5, 0.6) is 0 Å². The van der Waals surface area contributed by atoms with Gasteiger partial charge in [-0.05, 0) is 0 Å². The summed E-state index contributed by atoms with van der Waals surface area (Å²) < 4.78 is 0. The van der Waals surface area contributed by atoms with Gasteiger partial charge in [0.2, 0.25) is 0 Å². The van der Waals surface area contributed by atoms with Crippen LogP contribution in [-0.2, 0) is 135 Å². The standard InChI is InChI=1S/4C2H6S2.2Fe/c4*3-1-2-4;;/h4*3-4H,1-2H2;;/q;;;;2*+2/p-8. The van der Waals surface area contributed by atoms with Gasteiger partial charge in [0, 0.05) is 0 Å². The van der Waals surface area contributed by atoms with Crippen molar-refractivity contribution in [3.63, 3.8) is 0 Å². The molecule has 0 radical (unpaired) electrons. The van der Waals surface area contributed by atoms with Crippen molar-refractivity contribution in [1.29, 1.82) is 0 Å². The molecule has 0 rings (SSSR count). The van der Waals surface area contributed by atoms with E-state index in [-0.39, 0.29) is 34.1 Å². The van der Waals surface area contributed by atoms with E-state index in [2.05, 4.69) is 101 Å². The van der Waals surface area contributed by atoms with Gasteiger partial charge in [-0.3, -0.25) is 0 Å². The number of hydrogen-bond donors (Lipinski definition) is 0. The number of rotatable bonds is 4. The number of hydrogen-bond acceptors (Lipinski definition) is 8. The molecule has 18 heavy (non-hydrogen) atoms. The van der Waals surface area contributed by atoms with Gasteiger partial charge in [-0.25, -0.2) is 0 Å². The smallest absolute Gasteiger partial charge is 0.794 e. The zero-order valence-electron chi connectivity index (χ0n) is 9.63. The topological polar surface area (TPSA) is 0 Å². The third kappa shape index (κ3) is 115. The Labute approximate surface area is 179 Å². The third-order valence-electron chi connectivity index (χ3n) is 0.333. The molecule has 0 aliphatic carbocycles. The molecule has 0 aromatic rings. The van der Waals surface area contributed by atoms with Crippen LogP contribution < -0.4 is 0 Å². The van der Waals surface area contributed by atoms with Crippen LogP contribution >= 0.6 is 0 Å². The molecule has 0 heterocycles. The average Bonchev–Trinajstić information content (AvgIpc) is 2.39. The molecular weight excluding hydrogens is 464 g/mol. The van der Waals surface area contributed by atoms with E-state index in [4.69, 9.17) is 0 Å². The maximum atomic E-state index is 4.45. The Bertz CT molecular complexity index is 49.1. The first kappa shape index (κ1) is 37.8. The van der Waals surface area contributed by atoms with Crippen molar-refractivity contribution in [2.75, 3.05) is 46.0 Å². The quantitative estimate of drug-likeness (QED) is 0.412. The van der Waals surface area contributed by atoms with Crippen LogP contribution in [0.2, 0.25) is 0 Å². The normalized spacial score (nSPS) is 6.67. The van der Waals surface area contributed by atoms with Crippen molar-refractivity contribution in [3.8, 4) is 0 Å². The van der Waals surface area contributed by atoms with Gasteiger partial charge >= 0.3 is 34.1 Å². The minimum absolute atomic E-state index is 0. The fraction of sp³-hybridized carbons (Fsp3) is 1.00. The Morgan fingerprint density at radius 3 is 0.333 bits per heavy atom. The first-order valence-electron chi connectivity index (χ1n) is 4.31. The second-order valence-corrected chi connectivity index (χ2v) is 4.90. The summed E-state index contributed by atoms with van der Waals surface area (Å²) >= 11 is 35.6. The molecule has 0 nitrogen and oxygen atoms in total. The average molecular weight is 480 g/mol. The van der Waals surface area contributed by atoms with Crippen molar-refractivity contribution >= 4 is 101 Å². The van der Waals surface area contributed by atoms with Gasteiger partial charge < -0.3 is 101 Å². The van der Waals surface area contributed by atoms with E-state index < -0.39 is 0 Å². The molecule has 0 unspecified atom stereocenters. The van der Waals surface area contributed by atoms with Gasteiger partial charge in [0.15, 0.2) is 0 Å². The molecule has 0 saturated heterocycles. The molecule has 0 aliphatic rings. The SMILES string of the molecule is [Fe+2].[Fe+2].[S-]CC[S-].[S-]CC[S-].[S-]CC[S-].[S-]CC[S-]. The van der Waals surface area contributed by atoms with E-state index >= 15 is 0 Å². The van der Waals surface area contributed by atoms with E-state index in [0.717, 1.165) is 46.0 Å². The molecular formula is C8H16Fe2S8-4. The summed E-state index contributed by atoms with van der Waals surface area (Å²) in [6.07, 6.45) is 0. The Morgan fingerprint density at radius 1 is 0.278 bits per heavy atom. The van der Waals surface area contributed by atoms with Gasteiger partial charge in [-0.15, -0.1) is 0 Å². The first-order valence-corrected chi connectivity index (χ1v) is 8.93. The van der Waals surface area contributed by atoms with Crippen LogP contribution in [0.3, 0.4) is 0 Å². The van der Waals surface area contributed by atoms with Crippen molar-refractivity contribution in [2.45, 2.75) is 0 Å². The monoisotopic (exact) mass is 480 g/mol. The molecule has 0 spiro atoms. The summed E-state index contributed by atoms with van der Waals surface area (Å²) in [5, 5.41) is 0. The van der Waals surface area contributed by atoms with Crippen LogP contribution in [0.4, 0.5) is 0 Å². The van der Waals surface area contributed by atoms with Crippen molar-refractivity contribution in [2.24, 2.45) is 0 Å². The maximum absolute atomic E-state index is 4.45. The molecule has 0 atom stereocenters. The minimum Gasteiger partial charge on any atom is -0.794 e. The van der Waals surface area contributed by atoms with E-state index in [9.17, 15) is 0 Å². The molecule has 0 aliphatic heterocycles. The van der Waals surface area contributed by atoms with Gasteiger partial charge in [0.25, 0.3) is 0 Å². The summed E-state index contributed by atoms with van der Waals surface area (Å²) in [4.78, 5) is 0. The molecule has 0 aromatic carbocycles. The Morgan fingerprint density at radius 2 is 0.333 bits per heavy atom. The maximum Gasteiger partial charge on any atom is 2.00 e. The van der Waals surface area contributed by atoms with Crippen molar-refractivity contribution in [1.82, 2.24) is 0 Å². The molecule has 0 saturated carbocycles. The molecule has 10 heteroatoms. The molecule has 0 N–H and O–H groups in total.